The number of allylic oxidation sites excluding steroid dienone is 2. The fourth-order valence-corrected chi connectivity index (χ4v) is 13.2. The van der Waals surface area contributed by atoms with Crippen LogP contribution >= 0.6 is 11.8 Å². The summed E-state index contributed by atoms with van der Waals surface area (Å²) < 4.78 is 16.0. The van der Waals surface area contributed by atoms with E-state index in [1.807, 2.05) is 107 Å². The number of carboxylic acid groups (broad SMARTS) is 1. The number of benzene rings is 5. The fraction of sp³-hybridized carbons (Fsp3) is 0.250. The molecule has 0 saturated carbocycles. The molecular weight excluding hydrogens is 1010 g/mol. The van der Waals surface area contributed by atoms with Gasteiger partial charge in [-0.1, -0.05) is 66.4 Å². The molecule has 3 aliphatic heterocycles. The number of hydrogen-bond acceptors (Lipinski definition) is 8. The molecule has 11 rings (SSSR count). The van der Waals surface area contributed by atoms with E-state index in [2.05, 4.69) is 192 Å². The number of aromatic carboxylic acids is 1. The second-order valence-corrected chi connectivity index (χ2v) is 24.0. The molecular formula is C68H71N8O3S+3. The van der Waals surface area contributed by atoms with Crippen LogP contribution in [-0.4, -0.2) is 65.9 Å². The maximum absolute atomic E-state index is 15.3. The first-order chi connectivity index (χ1) is 38.2. The highest BCUT2D eigenvalue weighted by atomic mass is 32.2. The molecule has 0 fully saturated rings. The lowest BCUT2D eigenvalue weighted by Crippen LogP contribution is -2.49. The Hall–Kier alpha value is -8.48. The summed E-state index contributed by atoms with van der Waals surface area (Å²) in [6.45, 7) is 17.0. The third kappa shape index (κ3) is 9.48. The minimum Gasteiger partial charge on any atom is -0.545 e. The van der Waals surface area contributed by atoms with Crippen LogP contribution in [0.4, 0.5) is 22.7 Å². The lowest BCUT2D eigenvalue weighted by atomic mass is 9.82. The van der Waals surface area contributed by atoms with Crippen molar-refractivity contribution in [1.29, 1.82) is 0 Å². The van der Waals surface area contributed by atoms with E-state index in [4.69, 9.17) is 4.74 Å². The Balaban J connectivity index is 1.40. The number of carboxylic acids is 1. The van der Waals surface area contributed by atoms with Gasteiger partial charge < -0.3 is 34.2 Å². The van der Waals surface area contributed by atoms with Gasteiger partial charge in [-0.15, -0.1) is 0 Å². The Kier molecular flexibility index (Phi) is 13.8. The van der Waals surface area contributed by atoms with Gasteiger partial charge in [0.2, 0.25) is 11.0 Å². The van der Waals surface area contributed by atoms with Crippen LogP contribution in [0.1, 0.15) is 86.6 Å². The molecule has 11 nitrogen and oxygen atoms in total. The van der Waals surface area contributed by atoms with Gasteiger partial charge in [-0.25, -0.2) is 4.58 Å². The molecule has 0 atom stereocenters. The zero-order valence-electron chi connectivity index (χ0n) is 48.3. The summed E-state index contributed by atoms with van der Waals surface area (Å²) in [6, 6.07) is 42.2. The van der Waals surface area contributed by atoms with Crippen molar-refractivity contribution in [1.82, 2.24) is 4.58 Å². The maximum atomic E-state index is 15.3. The summed E-state index contributed by atoms with van der Waals surface area (Å²) in [5, 5.41) is 17.2. The molecule has 12 heteroatoms. The van der Waals surface area contributed by atoms with Gasteiger partial charge in [-0.05, 0) is 76.1 Å². The predicted molar refractivity (Wildman–Crippen MR) is 323 cm³/mol. The SMILES string of the molecule is CCN1c2cc3c(cc2C(C)=CC1(C)C)C(c1c(C(=O)[O-])c(-[n+]2ccc(N(C)C)cc2)c(-[n+]2ccc(N(C)C)cc2)c(Sc2ccccc2)c1-[n+]1ccc(N(C)C)cc1)=c1cc2c(cc1O3)=[N+](Cc1ccccc1)C(C)(C)C=C2C. The van der Waals surface area contributed by atoms with Crippen LogP contribution in [0.25, 0.3) is 33.8 Å². The van der Waals surface area contributed by atoms with E-state index in [0.29, 0.717) is 40.7 Å². The van der Waals surface area contributed by atoms with Crippen LogP contribution < -0.4 is 58.3 Å². The van der Waals surface area contributed by atoms with Gasteiger partial charge in [-0.2, -0.15) is 13.7 Å². The van der Waals surface area contributed by atoms with Gasteiger partial charge >= 0.3 is 5.69 Å². The molecule has 0 unspecified atom stereocenters. The zero-order chi connectivity index (χ0) is 56.5. The minimum atomic E-state index is -1.33. The number of nitrogens with zero attached hydrogens (tertiary/aromatic N) is 8. The van der Waals surface area contributed by atoms with E-state index in [1.165, 1.54) is 5.56 Å². The van der Waals surface area contributed by atoms with Crippen LogP contribution in [0.15, 0.2) is 180 Å². The average Bonchev–Trinajstić information content (AvgIpc) is 3.46. The van der Waals surface area contributed by atoms with E-state index >= 15 is 9.90 Å². The first-order valence-corrected chi connectivity index (χ1v) is 28.2. The van der Waals surface area contributed by atoms with Crippen molar-refractivity contribution in [2.45, 2.75) is 75.9 Å². The highest BCUT2D eigenvalue weighted by Crippen LogP contribution is 2.50. The highest BCUT2D eigenvalue weighted by molar-refractivity contribution is 7.99. The minimum absolute atomic E-state index is 0.0234. The number of carbonyl (C=O) groups is 1. The lowest BCUT2D eigenvalue weighted by Gasteiger charge is -2.43. The number of aromatic nitrogens is 3. The molecule has 0 N–H and O–H groups in total. The standard InChI is InChI=1S/C68H71N8O3S/c1-14-75-55-39-57-53(37-51(55)44(2)41-67(75,4)5)59(54-38-52-45(3)42-68(6,7)76(56(52)40-58(54)79-57)43-46-21-17-15-18-22-46)60-61(66(77)78)62(72-31-25-47(26-32-72)69(8)9)64(74-35-29-49(30-36-74)71(12)13)65(80-50-23-19-16-20-24-50)63(60)73-33-27-48(28-34-73)70(10)11/h15-42H,14,43H2,1-13H3/q+3. The number of anilines is 4. The summed E-state index contributed by atoms with van der Waals surface area (Å²) in [6.07, 6.45) is 16.8. The second kappa shape index (κ2) is 20.6. The Morgan fingerprint density at radius 3 is 1.68 bits per heavy atom. The van der Waals surface area contributed by atoms with E-state index < -0.39 is 5.97 Å². The van der Waals surface area contributed by atoms with Crippen LogP contribution in [0, 0.1) is 0 Å². The third-order valence-electron chi connectivity index (χ3n) is 16.0. The number of likely N-dealkylation sites (N-methyl/N-ethyl adjacent to an activating group) is 1. The van der Waals surface area contributed by atoms with E-state index in [0.717, 1.165) is 83.1 Å². The summed E-state index contributed by atoms with van der Waals surface area (Å²) in [5.41, 5.74) is 12.7. The van der Waals surface area contributed by atoms with E-state index in [1.54, 1.807) is 11.8 Å². The first kappa shape index (κ1) is 53.5. The lowest BCUT2D eigenvalue weighted by molar-refractivity contribution is -0.637. The van der Waals surface area contributed by atoms with Crippen molar-refractivity contribution in [3.63, 3.8) is 0 Å². The van der Waals surface area contributed by atoms with Crippen LogP contribution in [-0.2, 0) is 6.54 Å². The Morgan fingerprint density at radius 2 is 1.14 bits per heavy atom. The zero-order valence-corrected chi connectivity index (χ0v) is 49.1. The molecule has 6 heterocycles. The van der Waals surface area contributed by atoms with Gasteiger partial charge in [0.15, 0.2) is 54.2 Å². The van der Waals surface area contributed by atoms with Gasteiger partial charge in [-0.3, -0.25) is 0 Å². The van der Waals surface area contributed by atoms with Crippen molar-refractivity contribution in [3.05, 3.63) is 215 Å². The predicted octanol–water partition coefficient (Wildman–Crippen LogP) is 9.49. The summed E-state index contributed by atoms with van der Waals surface area (Å²) in [7, 11) is 12.1. The molecule has 3 aliphatic rings. The molecule has 0 bridgehead atoms. The molecule has 0 spiro atoms. The number of carbonyl (C=O) groups excluding carboxylic acids is 1. The number of hydrogen-bond donors (Lipinski definition) is 0. The van der Waals surface area contributed by atoms with Gasteiger partial charge in [0, 0.05) is 166 Å². The van der Waals surface area contributed by atoms with Crippen molar-refractivity contribution in [2.24, 2.45) is 0 Å². The molecule has 0 aliphatic carbocycles. The van der Waals surface area contributed by atoms with Crippen molar-refractivity contribution in [3.8, 4) is 28.6 Å². The smallest absolute Gasteiger partial charge is 0.304 e. The molecule has 404 valence electrons. The highest BCUT2D eigenvalue weighted by Gasteiger charge is 2.45. The number of pyridine rings is 3. The van der Waals surface area contributed by atoms with Crippen molar-refractivity contribution < 1.29 is 28.3 Å². The second-order valence-electron chi connectivity index (χ2n) is 22.9. The monoisotopic (exact) mass is 1080 g/mol. The van der Waals surface area contributed by atoms with E-state index in [9.17, 15) is 0 Å². The molecule has 5 aromatic carbocycles. The van der Waals surface area contributed by atoms with Gasteiger partial charge in [0.05, 0.1) is 28.7 Å². The molecule has 80 heavy (non-hydrogen) atoms. The normalized spacial score (nSPS) is 14.7. The molecule has 0 radical (unpaired) electrons. The molecule has 0 amide bonds. The quantitative estimate of drug-likeness (QED) is 0.106. The molecule has 8 aromatic rings. The van der Waals surface area contributed by atoms with Crippen LogP contribution in [0.2, 0.25) is 0 Å². The number of fused-ring (bicyclic) bond motifs is 4. The van der Waals surface area contributed by atoms with E-state index in [-0.39, 0.29) is 16.6 Å². The molecule has 0 saturated heterocycles. The third-order valence-corrected chi connectivity index (χ3v) is 17.1. The van der Waals surface area contributed by atoms with Gasteiger partial charge in [0.1, 0.15) is 11.5 Å². The van der Waals surface area contributed by atoms with Crippen molar-refractivity contribution in [2.75, 3.05) is 68.4 Å². The van der Waals surface area contributed by atoms with Crippen molar-refractivity contribution >= 4 is 57.2 Å². The topological polar surface area (TPSA) is 77.0 Å². The first-order valence-electron chi connectivity index (χ1n) is 27.4. The Bertz CT molecular complexity index is 3960. The number of rotatable bonds is 13. The largest absolute Gasteiger partial charge is 0.545 e. The average molecular weight is 1080 g/mol. The summed E-state index contributed by atoms with van der Waals surface area (Å²) in [4.78, 5) is 25.7. The van der Waals surface area contributed by atoms with Gasteiger partial charge in [0.25, 0.3) is 5.69 Å². The summed E-state index contributed by atoms with van der Waals surface area (Å²) in [5.74, 6) is -0.0634. The maximum Gasteiger partial charge on any atom is 0.304 e. The Morgan fingerprint density at radius 1 is 0.613 bits per heavy atom. The molecule has 3 aromatic heterocycles. The van der Waals surface area contributed by atoms with Crippen LogP contribution in [0.3, 0.4) is 0 Å². The summed E-state index contributed by atoms with van der Waals surface area (Å²) >= 11 is 1.61. The Labute approximate surface area is 475 Å². The fourth-order valence-electron chi connectivity index (χ4n) is 12.1. The van der Waals surface area contributed by atoms with Crippen LogP contribution in [0.5, 0.6) is 11.5 Å². The number of ether oxygens (including phenoxy) is 1.